The quantitative estimate of drug-likeness (QED) is 0.832. The van der Waals surface area contributed by atoms with E-state index >= 15 is 0 Å². The Kier molecular flexibility index (Phi) is 5.30. The third-order valence-corrected chi connectivity index (χ3v) is 6.55. The maximum absolute atomic E-state index is 13.1. The lowest BCUT2D eigenvalue weighted by atomic mass is 9.74. The fourth-order valence-electron chi connectivity index (χ4n) is 5.30. The van der Waals surface area contributed by atoms with E-state index in [2.05, 4.69) is 52.0 Å². The number of rotatable bonds is 4. The van der Waals surface area contributed by atoms with Crippen LogP contribution in [-0.4, -0.2) is 47.5 Å². The molecule has 1 saturated carbocycles. The topological polar surface area (TPSA) is 35.6 Å². The molecular formula is C22H31N3O. The normalized spacial score (nSPS) is 30.5. The first-order valence-corrected chi connectivity index (χ1v) is 10.2. The Balaban J connectivity index is 1.60. The van der Waals surface area contributed by atoms with Crippen molar-refractivity contribution in [1.82, 2.24) is 15.1 Å². The van der Waals surface area contributed by atoms with Gasteiger partial charge in [-0.1, -0.05) is 49.2 Å². The lowest BCUT2D eigenvalue weighted by molar-refractivity contribution is 0.0292. The highest BCUT2D eigenvalue weighted by Gasteiger charge is 2.46. The minimum absolute atomic E-state index is 0.157. The van der Waals surface area contributed by atoms with Crippen LogP contribution in [0.3, 0.4) is 0 Å². The van der Waals surface area contributed by atoms with E-state index in [0.717, 1.165) is 38.9 Å². The van der Waals surface area contributed by atoms with Crippen molar-refractivity contribution >= 4 is 6.03 Å². The molecule has 1 aromatic carbocycles. The standard InChI is InChI=1S/C22H31N3O/c1-2-14-24-15-12-18(13-16-24)25-21(17-8-4-3-5-9-17)19-10-6-7-11-20(19)23-22(25)26/h2-5,8-9,18-21H,1,6-7,10-16H2,(H,23,26). The van der Waals surface area contributed by atoms with E-state index in [1.54, 1.807) is 0 Å². The number of fused-ring (bicyclic) bond motifs is 1. The van der Waals surface area contributed by atoms with E-state index < -0.39 is 0 Å². The number of amides is 2. The molecule has 1 aromatic rings. The van der Waals surface area contributed by atoms with Crippen molar-refractivity contribution in [2.24, 2.45) is 5.92 Å². The monoisotopic (exact) mass is 353 g/mol. The zero-order chi connectivity index (χ0) is 17.9. The number of carbonyl (C=O) groups excluding carboxylic acids is 1. The van der Waals surface area contributed by atoms with Crippen LogP contribution in [0.1, 0.15) is 50.1 Å². The first kappa shape index (κ1) is 17.6. The predicted octanol–water partition coefficient (Wildman–Crippen LogP) is 3.96. The summed E-state index contributed by atoms with van der Waals surface area (Å²) < 4.78 is 0. The molecule has 2 aliphatic heterocycles. The van der Waals surface area contributed by atoms with Crippen LogP contribution in [0, 0.1) is 5.92 Å². The Bertz CT molecular complexity index is 624. The predicted molar refractivity (Wildman–Crippen MR) is 105 cm³/mol. The SMILES string of the molecule is C=CCN1CCC(N2C(=O)NC3CCCCC3C2c2ccccc2)CC1. The summed E-state index contributed by atoms with van der Waals surface area (Å²) >= 11 is 0. The highest BCUT2D eigenvalue weighted by Crippen LogP contribution is 2.43. The Labute approximate surface area is 157 Å². The largest absolute Gasteiger partial charge is 0.335 e. The maximum Gasteiger partial charge on any atom is 0.318 e. The Morgan fingerprint density at radius 3 is 2.54 bits per heavy atom. The molecule has 3 fully saturated rings. The summed E-state index contributed by atoms with van der Waals surface area (Å²) in [4.78, 5) is 17.8. The van der Waals surface area contributed by atoms with E-state index in [0.29, 0.717) is 18.0 Å². The molecule has 3 atom stereocenters. The zero-order valence-corrected chi connectivity index (χ0v) is 15.6. The van der Waals surface area contributed by atoms with Gasteiger partial charge in [0.25, 0.3) is 0 Å². The fourth-order valence-corrected chi connectivity index (χ4v) is 5.30. The van der Waals surface area contributed by atoms with Gasteiger partial charge in [-0.25, -0.2) is 4.79 Å². The number of benzene rings is 1. The number of hydrogen-bond acceptors (Lipinski definition) is 2. The number of carbonyl (C=O) groups is 1. The summed E-state index contributed by atoms with van der Waals surface area (Å²) in [5.41, 5.74) is 1.31. The third-order valence-electron chi connectivity index (χ3n) is 6.55. The average Bonchev–Trinajstić information content (AvgIpc) is 2.69. The molecule has 2 saturated heterocycles. The van der Waals surface area contributed by atoms with Gasteiger partial charge in [-0.3, -0.25) is 4.90 Å². The molecule has 4 nitrogen and oxygen atoms in total. The molecule has 0 radical (unpaired) electrons. The van der Waals surface area contributed by atoms with Gasteiger partial charge in [0, 0.05) is 37.6 Å². The summed E-state index contributed by atoms with van der Waals surface area (Å²) in [5, 5.41) is 3.36. The van der Waals surface area contributed by atoms with E-state index in [1.807, 2.05) is 6.08 Å². The molecule has 2 amide bonds. The van der Waals surface area contributed by atoms with E-state index in [4.69, 9.17) is 0 Å². The number of nitrogens with zero attached hydrogens (tertiary/aromatic N) is 2. The first-order chi connectivity index (χ1) is 12.8. The Morgan fingerprint density at radius 1 is 1.08 bits per heavy atom. The number of nitrogens with one attached hydrogen (secondary N) is 1. The van der Waals surface area contributed by atoms with Crippen molar-refractivity contribution in [3.63, 3.8) is 0 Å². The van der Waals surface area contributed by atoms with E-state index in [-0.39, 0.29) is 12.1 Å². The number of likely N-dealkylation sites (tertiary alicyclic amines) is 1. The molecule has 0 aromatic heterocycles. The second-order valence-corrected chi connectivity index (χ2v) is 8.09. The minimum Gasteiger partial charge on any atom is -0.335 e. The van der Waals surface area contributed by atoms with Crippen molar-refractivity contribution in [1.29, 1.82) is 0 Å². The molecular weight excluding hydrogens is 322 g/mol. The van der Waals surface area contributed by atoms with E-state index in [1.165, 1.54) is 24.8 Å². The molecule has 1 N–H and O–H groups in total. The summed E-state index contributed by atoms with van der Waals surface area (Å²) in [6.45, 7) is 6.91. The van der Waals surface area contributed by atoms with Crippen LogP contribution >= 0.6 is 0 Å². The van der Waals surface area contributed by atoms with Gasteiger partial charge in [0.15, 0.2) is 0 Å². The first-order valence-electron chi connectivity index (χ1n) is 10.2. The van der Waals surface area contributed by atoms with Crippen molar-refractivity contribution in [2.75, 3.05) is 19.6 Å². The second-order valence-electron chi connectivity index (χ2n) is 8.09. The van der Waals surface area contributed by atoms with Gasteiger partial charge in [0.2, 0.25) is 0 Å². The number of piperidine rings is 1. The van der Waals surface area contributed by atoms with E-state index in [9.17, 15) is 4.79 Å². The summed E-state index contributed by atoms with van der Waals surface area (Å²) in [6, 6.07) is 11.8. The molecule has 26 heavy (non-hydrogen) atoms. The molecule has 0 bridgehead atoms. The number of hydrogen-bond donors (Lipinski definition) is 1. The highest BCUT2D eigenvalue weighted by atomic mass is 16.2. The van der Waals surface area contributed by atoms with Crippen molar-refractivity contribution in [2.45, 2.75) is 56.7 Å². The lowest BCUT2D eigenvalue weighted by Gasteiger charge is -2.52. The van der Waals surface area contributed by atoms with Gasteiger partial charge in [-0.15, -0.1) is 6.58 Å². The molecule has 3 aliphatic rings. The molecule has 2 heterocycles. The second kappa shape index (κ2) is 7.83. The Hall–Kier alpha value is -1.81. The molecule has 3 unspecified atom stereocenters. The summed E-state index contributed by atoms with van der Waals surface area (Å²) in [6.07, 6.45) is 8.97. The van der Waals surface area contributed by atoms with Gasteiger partial charge in [-0.2, -0.15) is 0 Å². The molecule has 4 rings (SSSR count). The average molecular weight is 354 g/mol. The van der Waals surface area contributed by atoms with Crippen LogP contribution < -0.4 is 5.32 Å². The van der Waals surface area contributed by atoms with Crippen LogP contribution in [0.15, 0.2) is 43.0 Å². The van der Waals surface area contributed by atoms with Crippen LogP contribution in [0.25, 0.3) is 0 Å². The van der Waals surface area contributed by atoms with Gasteiger partial charge < -0.3 is 10.2 Å². The third kappa shape index (κ3) is 3.39. The van der Waals surface area contributed by atoms with Gasteiger partial charge >= 0.3 is 6.03 Å². The Morgan fingerprint density at radius 2 is 1.81 bits per heavy atom. The smallest absolute Gasteiger partial charge is 0.318 e. The molecule has 140 valence electrons. The molecule has 0 spiro atoms. The van der Waals surface area contributed by atoms with Gasteiger partial charge in [0.05, 0.1) is 6.04 Å². The van der Waals surface area contributed by atoms with Crippen molar-refractivity contribution in [3.05, 3.63) is 48.6 Å². The lowest BCUT2D eigenvalue weighted by Crippen LogP contribution is -2.62. The van der Waals surface area contributed by atoms with Crippen LogP contribution in [0.4, 0.5) is 4.79 Å². The maximum atomic E-state index is 13.1. The summed E-state index contributed by atoms with van der Waals surface area (Å²) in [5.74, 6) is 0.537. The fraction of sp³-hybridized carbons (Fsp3) is 0.591. The van der Waals surface area contributed by atoms with Crippen LogP contribution in [0.5, 0.6) is 0 Å². The summed E-state index contributed by atoms with van der Waals surface area (Å²) in [7, 11) is 0. The molecule has 1 aliphatic carbocycles. The van der Waals surface area contributed by atoms with Crippen molar-refractivity contribution < 1.29 is 4.79 Å². The van der Waals surface area contributed by atoms with Gasteiger partial charge in [-0.05, 0) is 31.2 Å². The zero-order valence-electron chi connectivity index (χ0n) is 15.6. The number of urea groups is 1. The highest BCUT2D eigenvalue weighted by molar-refractivity contribution is 5.77. The molecule has 4 heteroatoms. The van der Waals surface area contributed by atoms with Crippen LogP contribution in [-0.2, 0) is 0 Å². The van der Waals surface area contributed by atoms with Crippen LogP contribution in [0.2, 0.25) is 0 Å². The van der Waals surface area contributed by atoms with Crippen molar-refractivity contribution in [3.8, 4) is 0 Å². The van der Waals surface area contributed by atoms with Gasteiger partial charge in [0.1, 0.15) is 0 Å². The minimum atomic E-state index is 0.157.